The number of nitrogens with zero attached hydrogens (tertiary/aromatic N) is 2. The molecule has 0 aliphatic heterocycles. The Kier molecular flexibility index (Phi) is 7.52. The van der Waals surface area contributed by atoms with E-state index < -0.39 is 0 Å². The van der Waals surface area contributed by atoms with Gasteiger partial charge in [-0.3, -0.25) is 0 Å². The maximum Gasteiger partial charge on any atom is 0.141 e. The van der Waals surface area contributed by atoms with Gasteiger partial charge in [-0.15, -0.1) is 0 Å². The van der Waals surface area contributed by atoms with E-state index in [2.05, 4.69) is 36.0 Å². The van der Waals surface area contributed by atoms with Crippen LogP contribution in [0.2, 0.25) is 0 Å². The van der Waals surface area contributed by atoms with Crippen molar-refractivity contribution in [2.24, 2.45) is 5.92 Å². The fraction of sp³-hybridized carbons (Fsp3) is 0.688. The minimum absolute atomic E-state index is 0.264. The molecule has 1 aromatic heterocycles. The van der Waals surface area contributed by atoms with Gasteiger partial charge in [-0.05, 0) is 25.5 Å². The topological polar surface area (TPSA) is 28.2 Å². The van der Waals surface area contributed by atoms with Crippen molar-refractivity contribution in [3.8, 4) is 0 Å². The fourth-order valence-corrected chi connectivity index (χ4v) is 2.37. The molecule has 0 saturated carbocycles. The molecule has 0 fully saturated rings. The predicted octanol–water partition coefficient (Wildman–Crippen LogP) is 3.59. The third kappa shape index (κ3) is 4.75. The lowest BCUT2D eigenvalue weighted by molar-refractivity contribution is 0.483. The van der Waals surface area contributed by atoms with E-state index in [1.54, 1.807) is 6.07 Å². The standard InChI is InChI=1S/C16H28FN3/c1-5-13(6-2)12-20(8-4)16-14(10-18-7-3)9-15(17)11-19-16/h9,11,13,18H,5-8,10,12H2,1-4H3. The first-order valence-corrected chi connectivity index (χ1v) is 7.76. The summed E-state index contributed by atoms with van der Waals surface area (Å²) in [7, 11) is 0. The summed E-state index contributed by atoms with van der Waals surface area (Å²) in [6, 6.07) is 1.60. The third-order valence-corrected chi connectivity index (χ3v) is 3.79. The van der Waals surface area contributed by atoms with Gasteiger partial charge >= 0.3 is 0 Å². The van der Waals surface area contributed by atoms with Gasteiger partial charge in [-0.1, -0.05) is 33.6 Å². The summed E-state index contributed by atoms with van der Waals surface area (Å²) < 4.78 is 13.4. The van der Waals surface area contributed by atoms with Crippen molar-refractivity contribution >= 4 is 5.82 Å². The van der Waals surface area contributed by atoms with Gasteiger partial charge in [0.15, 0.2) is 0 Å². The Bertz CT molecular complexity index is 391. The normalized spacial score (nSPS) is 11.1. The first-order valence-electron chi connectivity index (χ1n) is 7.76. The average molecular weight is 281 g/mol. The van der Waals surface area contributed by atoms with Crippen LogP contribution in [0.4, 0.5) is 10.2 Å². The third-order valence-electron chi connectivity index (χ3n) is 3.79. The van der Waals surface area contributed by atoms with Gasteiger partial charge in [0, 0.05) is 25.2 Å². The highest BCUT2D eigenvalue weighted by Gasteiger charge is 2.15. The summed E-state index contributed by atoms with van der Waals surface area (Å²) in [6.45, 7) is 12.0. The van der Waals surface area contributed by atoms with Crippen LogP contribution in [-0.4, -0.2) is 24.6 Å². The molecule has 4 heteroatoms. The zero-order valence-corrected chi connectivity index (χ0v) is 13.2. The van der Waals surface area contributed by atoms with Gasteiger partial charge in [0.1, 0.15) is 11.6 Å². The molecular formula is C16H28FN3. The number of nitrogens with one attached hydrogen (secondary N) is 1. The molecule has 20 heavy (non-hydrogen) atoms. The summed E-state index contributed by atoms with van der Waals surface area (Å²) in [4.78, 5) is 6.60. The summed E-state index contributed by atoms with van der Waals surface area (Å²) >= 11 is 0. The summed E-state index contributed by atoms with van der Waals surface area (Å²) in [5.41, 5.74) is 0.944. The molecule has 3 nitrogen and oxygen atoms in total. The van der Waals surface area contributed by atoms with Crippen molar-refractivity contribution in [2.75, 3.05) is 24.5 Å². The summed E-state index contributed by atoms with van der Waals surface area (Å²) in [5.74, 6) is 1.32. The second-order valence-corrected chi connectivity index (χ2v) is 5.14. The number of hydrogen-bond donors (Lipinski definition) is 1. The second kappa shape index (κ2) is 8.90. The van der Waals surface area contributed by atoms with Crippen LogP contribution >= 0.6 is 0 Å². The maximum absolute atomic E-state index is 13.4. The van der Waals surface area contributed by atoms with Crippen LogP contribution in [0.15, 0.2) is 12.3 Å². The van der Waals surface area contributed by atoms with Gasteiger partial charge < -0.3 is 10.2 Å². The average Bonchev–Trinajstić information content (AvgIpc) is 2.47. The van der Waals surface area contributed by atoms with Crippen molar-refractivity contribution in [3.05, 3.63) is 23.6 Å². The molecule has 0 bridgehead atoms. The van der Waals surface area contributed by atoms with E-state index in [0.717, 1.165) is 43.9 Å². The lowest BCUT2D eigenvalue weighted by atomic mass is 10.0. The maximum atomic E-state index is 13.4. The van der Waals surface area contributed by atoms with E-state index in [4.69, 9.17) is 0 Å². The SMILES string of the molecule is CCNCc1cc(F)cnc1N(CC)CC(CC)CC. The van der Waals surface area contributed by atoms with Gasteiger partial charge in [-0.2, -0.15) is 0 Å². The highest BCUT2D eigenvalue weighted by molar-refractivity contribution is 5.47. The fourth-order valence-electron chi connectivity index (χ4n) is 2.37. The first-order chi connectivity index (χ1) is 9.65. The second-order valence-electron chi connectivity index (χ2n) is 5.14. The number of pyridine rings is 1. The van der Waals surface area contributed by atoms with E-state index in [0.29, 0.717) is 12.5 Å². The first kappa shape index (κ1) is 16.9. The van der Waals surface area contributed by atoms with Gasteiger partial charge in [0.25, 0.3) is 0 Å². The predicted molar refractivity (Wildman–Crippen MR) is 83.5 cm³/mol. The summed E-state index contributed by atoms with van der Waals surface area (Å²) in [5, 5.41) is 3.26. The van der Waals surface area contributed by atoms with Crippen molar-refractivity contribution in [1.82, 2.24) is 10.3 Å². The van der Waals surface area contributed by atoms with Crippen LogP contribution in [0, 0.1) is 11.7 Å². The van der Waals surface area contributed by atoms with Crippen molar-refractivity contribution in [2.45, 2.75) is 47.1 Å². The zero-order valence-electron chi connectivity index (χ0n) is 13.2. The van der Waals surface area contributed by atoms with E-state index in [1.807, 2.05) is 6.92 Å². The smallest absolute Gasteiger partial charge is 0.141 e. The molecule has 0 amide bonds. The molecule has 1 heterocycles. The highest BCUT2D eigenvalue weighted by Crippen LogP contribution is 2.21. The number of rotatable bonds is 9. The van der Waals surface area contributed by atoms with Gasteiger partial charge in [0.2, 0.25) is 0 Å². The molecule has 114 valence electrons. The van der Waals surface area contributed by atoms with Crippen LogP contribution in [0.25, 0.3) is 0 Å². The van der Waals surface area contributed by atoms with E-state index in [-0.39, 0.29) is 5.82 Å². The Morgan fingerprint density at radius 1 is 1.25 bits per heavy atom. The summed E-state index contributed by atoms with van der Waals surface area (Å²) in [6.07, 6.45) is 3.65. The lowest BCUT2D eigenvalue weighted by Gasteiger charge is -2.28. The minimum Gasteiger partial charge on any atom is -0.356 e. The molecule has 0 aromatic carbocycles. The minimum atomic E-state index is -0.264. The Labute approximate surface area is 122 Å². The van der Waals surface area contributed by atoms with Crippen LogP contribution in [-0.2, 0) is 6.54 Å². The molecule has 1 aromatic rings. The highest BCUT2D eigenvalue weighted by atomic mass is 19.1. The molecule has 0 aliphatic rings. The van der Waals surface area contributed by atoms with E-state index in [1.165, 1.54) is 6.20 Å². The Morgan fingerprint density at radius 2 is 1.95 bits per heavy atom. The quantitative estimate of drug-likeness (QED) is 0.749. The molecule has 0 aliphatic carbocycles. The van der Waals surface area contributed by atoms with Crippen LogP contribution < -0.4 is 10.2 Å². The molecule has 1 rings (SSSR count). The zero-order chi connectivity index (χ0) is 15.0. The monoisotopic (exact) mass is 281 g/mol. The van der Waals surface area contributed by atoms with Gasteiger partial charge in [-0.25, -0.2) is 9.37 Å². The van der Waals surface area contributed by atoms with Gasteiger partial charge in [0.05, 0.1) is 6.20 Å². The molecule has 0 saturated heterocycles. The molecule has 0 radical (unpaired) electrons. The molecular weight excluding hydrogens is 253 g/mol. The molecule has 0 unspecified atom stereocenters. The number of hydrogen-bond acceptors (Lipinski definition) is 3. The Balaban J connectivity index is 2.94. The lowest BCUT2D eigenvalue weighted by Crippen LogP contribution is -2.31. The number of anilines is 1. The van der Waals surface area contributed by atoms with E-state index in [9.17, 15) is 4.39 Å². The number of halogens is 1. The Hall–Kier alpha value is -1.16. The molecule has 1 N–H and O–H groups in total. The van der Waals surface area contributed by atoms with Crippen LogP contribution in [0.3, 0.4) is 0 Å². The van der Waals surface area contributed by atoms with Crippen LogP contribution in [0.5, 0.6) is 0 Å². The largest absolute Gasteiger partial charge is 0.356 e. The molecule has 0 atom stereocenters. The van der Waals surface area contributed by atoms with Crippen LogP contribution in [0.1, 0.15) is 46.1 Å². The van der Waals surface area contributed by atoms with Crippen molar-refractivity contribution in [1.29, 1.82) is 0 Å². The van der Waals surface area contributed by atoms with Crippen molar-refractivity contribution in [3.63, 3.8) is 0 Å². The number of aromatic nitrogens is 1. The molecule has 0 spiro atoms. The van der Waals surface area contributed by atoms with Crippen molar-refractivity contribution < 1.29 is 4.39 Å². The van der Waals surface area contributed by atoms with E-state index >= 15 is 0 Å². The Morgan fingerprint density at radius 3 is 2.50 bits per heavy atom.